The standard InChI is InChI=1S/C25H27F2N3O2/c1-18-7-9-22(32-18)17-30(25(31)28-24-15-20(26)8-10-23(24)27)21-11-13-29(14-12-21)16-19-5-3-2-4-6-19/h2-10,15,21H,11-14,16-17H2,1H3,(H,28,31). The molecule has 0 radical (unpaired) electrons. The maximum atomic E-state index is 14.1. The van der Waals surface area contributed by atoms with E-state index in [0.29, 0.717) is 5.76 Å². The lowest BCUT2D eigenvalue weighted by Gasteiger charge is -2.38. The first-order chi connectivity index (χ1) is 15.5. The molecule has 32 heavy (non-hydrogen) atoms. The van der Waals surface area contributed by atoms with E-state index in [-0.39, 0.29) is 18.3 Å². The van der Waals surface area contributed by atoms with Crippen LogP contribution in [0.15, 0.2) is 65.1 Å². The number of hydrogen-bond acceptors (Lipinski definition) is 3. The fourth-order valence-corrected chi connectivity index (χ4v) is 4.12. The van der Waals surface area contributed by atoms with Gasteiger partial charge < -0.3 is 14.6 Å². The number of furan rings is 1. The number of hydrogen-bond donors (Lipinski definition) is 1. The van der Waals surface area contributed by atoms with Crippen LogP contribution in [-0.4, -0.2) is 35.0 Å². The van der Waals surface area contributed by atoms with Crippen molar-refractivity contribution in [3.05, 3.63) is 89.4 Å². The number of urea groups is 1. The van der Waals surface area contributed by atoms with E-state index < -0.39 is 17.7 Å². The molecule has 1 aliphatic rings. The summed E-state index contributed by atoms with van der Waals surface area (Å²) in [4.78, 5) is 17.2. The molecule has 2 amide bonds. The van der Waals surface area contributed by atoms with Crippen LogP contribution in [0.25, 0.3) is 0 Å². The maximum absolute atomic E-state index is 14.1. The highest BCUT2D eigenvalue weighted by atomic mass is 19.1. The van der Waals surface area contributed by atoms with Crippen molar-refractivity contribution < 1.29 is 18.0 Å². The molecule has 2 heterocycles. The van der Waals surface area contributed by atoms with Gasteiger partial charge in [0, 0.05) is 31.7 Å². The average Bonchev–Trinajstić information content (AvgIpc) is 3.21. The number of carbonyl (C=O) groups is 1. The van der Waals surface area contributed by atoms with E-state index in [9.17, 15) is 13.6 Å². The van der Waals surface area contributed by atoms with Crippen LogP contribution < -0.4 is 5.32 Å². The van der Waals surface area contributed by atoms with Crippen LogP contribution in [0.5, 0.6) is 0 Å². The molecule has 1 aromatic heterocycles. The second-order valence-electron chi connectivity index (χ2n) is 8.19. The predicted octanol–water partition coefficient (Wildman–Crippen LogP) is 5.56. The van der Waals surface area contributed by atoms with Gasteiger partial charge in [-0.25, -0.2) is 13.6 Å². The van der Waals surface area contributed by atoms with Crippen molar-refractivity contribution in [1.29, 1.82) is 0 Å². The fourth-order valence-electron chi connectivity index (χ4n) is 4.12. The molecule has 0 atom stereocenters. The zero-order valence-corrected chi connectivity index (χ0v) is 18.1. The normalized spacial score (nSPS) is 15.0. The Labute approximate surface area is 186 Å². The van der Waals surface area contributed by atoms with Gasteiger partial charge in [0.25, 0.3) is 0 Å². The monoisotopic (exact) mass is 439 g/mol. The van der Waals surface area contributed by atoms with E-state index in [4.69, 9.17) is 4.42 Å². The molecule has 5 nitrogen and oxygen atoms in total. The summed E-state index contributed by atoms with van der Waals surface area (Å²) < 4.78 is 33.4. The van der Waals surface area contributed by atoms with E-state index in [1.54, 1.807) is 4.90 Å². The summed E-state index contributed by atoms with van der Waals surface area (Å²) in [7, 11) is 0. The van der Waals surface area contributed by atoms with Crippen LogP contribution in [-0.2, 0) is 13.1 Å². The molecule has 1 fully saturated rings. The Morgan fingerprint density at radius 2 is 1.84 bits per heavy atom. The summed E-state index contributed by atoms with van der Waals surface area (Å²) in [6.07, 6.45) is 1.57. The topological polar surface area (TPSA) is 48.7 Å². The van der Waals surface area contributed by atoms with E-state index in [2.05, 4.69) is 22.3 Å². The summed E-state index contributed by atoms with van der Waals surface area (Å²) >= 11 is 0. The van der Waals surface area contributed by atoms with Crippen LogP contribution in [0, 0.1) is 18.6 Å². The van der Waals surface area contributed by atoms with Gasteiger partial charge in [-0.1, -0.05) is 30.3 Å². The third-order valence-corrected chi connectivity index (χ3v) is 5.80. The van der Waals surface area contributed by atoms with Gasteiger partial charge in [0.2, 0.25) is 0 Å². The largest absolute Gasteiger partial charge is 0.464 e. The molecule has 0 saturated carbocycles. The van der Waals surface area contributed by atoms with Crippen molar-refractivity contribution in [1.82, 2.24) is 9.80 Å². The van der Waals surface area contributed by atoms with Crippen LogP contribution in [0.1, 0.15) is 29.9 Å². The minimum Gasteiger partial charge on any atom is -0.464 e. The molecule has 4 rings (SSSR count). The van der Waals surface area contributed by atoms with Gasteiger partial charge in [-0.2, -0.15) is 0 Å². The molecule has 3 aromatic rings. The van der Waals surface area contributed by atoms with E-state index >= 15 is 0 Å². The Kier molecular flexibility index (Phi) is 6.85. The SMILES string of the molecule is Cc1ccc(CN(C(=O)Nc2cc(F)ccc2F)C2CCN(Cc3ccccc3)CC2)o1. The number of piperidine rings is 1. The van der Waals surface area contributed by atoms with E-state index in [0.717, 1.165) is 56.4 Å². The summed E-state index contributed by atoms with van der Waals surface area (Å²) in [5, 5.41) is 2.54. The smallest absolute Gasteiger partial charge is 0.322 e. The number of benzene rings is 2. The zero-order chi connectivity index (χ0) is 22.5. The van der Waals surface area contributed by atoms with Crippen molar-refractivity contribution in [3.8, 4) is 0 Å². The third kappa shape index (κ3) is 5.53. The Hall–Kier alpha value is -3.19. The second-order valence-corrected chi connectivity index (χ2v) is 8.19. The Morgan fingerprint density at radius 3 is 2.53 bits per heavy atom. The number of nitrogens with zero attached hydrogens (tertiary/aromatic N) is 2. The number of halogens is 2. The minimum absolute atomic E-state index is 0.0379. The fraction of sp³-hybridized carbons (Fsp3) is 0.320. The molecule has 7 heteroatoms. The van der Waals surface area contributed by atoms with Crippen LogP contribution in [0.3, 0.4) is 0 Å². The van der Waals surface area contributed by atoms with Gasteiger partial charge in [0.05, 0.1) is 12.2 Å². The highest BCUT2D eigenvalue weighted by Gasteiger charge is 2.29. The van der Waals surface area contributed by atoms with Crippen molar-refractivity contribution >= 4 is 11.7 Å². The van der Waals surface area contributed by atoms with Crippen molar-refractivity contribution in [2.24, 2.45) is 0 Å². The molecule has 168 valence electrons. The van der Waals surface area contributed by atoms with Crippen LogP contribution in [0.4, 0.5) is 19.3 Å². The first-order valence-corrected chi connectivity index (χ1v) is 10.8. The van der Waals surface area contributed by atoms with Crippen LogP contribution >= 0.6 is 0 Å². The predicted molar refractivity (Wildman–Crippen MR) is 119 cm³/mol. The molecule has 0 bridgehead atoms. The molecule has 1 N–H and O–H groups in total. The number of carbonyl (C=O) groups excluding carboxylic acids is 1. The summed E-state index contributed by atoms with van der Waals surface area (Å²) in [6, 6.07) is 16.5. The summed E-state index contributed by atoms with van der Waals surface area (Å²) in [5.74, 6) is 0.133. The van der Waals surface area contributed by atoms with Crippen molar-refractivity contribution in [2.75, 3.05) is 18.4 Å². The van der Waals surface area contributed by atoms with Gasteiger partial charge in [0.15, 0.2) is 0 Å². The van der Waals surface area contributed by atoms with Crippen molar-refractivity contribution in [3.63, 3.8) is 0 Å². The number of likely N-dealkylation sites (tertiary alicyclic amines) is 1. The first-order valence-electron chi connectivity index (χ1n) is 10.8. The highest BCUT2D eigenvalue weighted by molar-refractivity contribution is 5.89. The van der Waals surface area contributed by atoms with Gasteiger partial charge >= 0.3 is 6.03 Å². The van der Waals surface area contributed by atoms with Gasteiger partial charge in [-0.15, -0.1) is 0 Å². The molecule has 1 aliphatic heterocycles. The average molecular weight is 440 g/mol. The molecule has 0 aliphatic carbocycles. The molecule has 0 unspecified atom stereocenters. The zero-order valence-electron chi connectivity index (χ0n) is 18.1. The lowest BCUT2D eigenvalue weighted by atomic mass is 10.0. The molecule has 2 aromatic carbocycles. The summed E-state index contributed by atoms with van der Waals surface area (Å²) in [5.41, 5.74) is 1.09. The lowest BCUT2D eigenvalue weighted by molar-refractivity contribution is 0.115. The molecular weight excluding hydrogens is 412 g/mol. The first kappa shape index (κ1) is 22.0. The molecule has 1 saturated heterocycles. The molecule has 0 spiro atoms. The second kappa shape index (κ2) is 9.96. The van der Waals surface area contributed by atoms with Gasteiger partial charge in [-0.05, 0) is 49.6 Å². The number of amides is 2. The highest BCUT2D eigenvalue weighted by Crippen LogP contribution is 2.23. The maximum Gasteiger partial charge on any atom is 0.322 e. The molecular formula is C25H27F2N3O2. The van der Waals surface area contributed by atoms with Crippen molar-refractivity contribution in [2.45, 2.75) is 38.9 Å². The number of aryl methyl sites for hydroxylation is 1. The summed E-state index contributed by atoms with van der Waals surface area (Å²) in [6.45, 7) is 4.66. The third-order valence-electron chi connectivity index (χ3n) is 5.80. The lowest BCUT2D eigenvalue weighted by Crippen LogP contribution is -2.48. The minimum atomic E-state index is -0.675. The Bertz CT molecular complexity index is 1050. The number of rotatable bonds is 6. The van der Waals surface area contributed by atoms with E-state index in [1.165, 1.54) is 5.56 Å². The quantitative estimate of drug-likeness (QED) is 0.547. The Morgan fingerprint density at radius 1 is 1.09 bits per heavy atom. The Balaban J connectivity index is 1.45. The number of anilines is 1. The number of nitrogens with one attached hydrogen (secondary N) is 1. The van der Waals surface area contributed by atoms with E-state index in [1.807, 2.05) is 37.3 Å². The van der Waals surface area contributed by atoms with Crippen LogP contribution in [0.2, 0.25) is 0 Å². The van der Waals surface area contributed by atoms with Gasteiger partial charge in [-0.3, -0.25) is 4.90 Å². The van der Waals surface area contributed by atoms with Gasteiger partial charge in [0.1, 0.15) is 23.2 Å².